The largest absolute Gasteiger partial charge is 0.395 e. The van der Waals surface area contributed by atoms with Crippen LogP contribution in [-0.4, -0.2) is 35.5 Å². The van der Waals surface area contributed by atoms with E-state index in [1.807, 2.05) is 0 Å². The molecule has 0 amide bonds. The number of rotatable bonds is 7. The minimum Gasteiger partial charge on any atom is -0.395 e. The van der Waals surface area contributed by atoms with Crippen molar-refractivity contribution in [2.45, 2.75) is 38.8 Å². The third-order valence-electron chi connectivity index (χ3n) is 3.54. The van der Waals surface area contributed by atoms with Gasteiger partial charge >= 0.3 is 0 Å². The molecule has 0 aromatic carbocycles. The third-order valence-corrected chi connectivity index (χ3v) is 6.22. The normalized spacial score (nSPS) is 13.1. The quantitative estimate of drug-likeness (QED) is 0.562. The summed E-state index contributed by atoms with van der Waals surface area (Å²) in [5.41, 5.74) is 14.1. The fraction of sp³-hybridized carbons (Fsp3) is 0.500. The number of aliphatic hydroxyl groups excluding tert-OH is 2. The Kier molecular flexibility index (Phi) is 10.7. The van der Waals surface area contributed by atoms with E-state index in [-0.39, 0.29) is 50.1 Å². The van der Waals surface area contributed by atoms with Crippen molar-refractivity contribution in [1.82, 2.24) is 0 Å². The molecule has 2 unspecified atom stereocenters. The molecule has 0 radical (unpaired) electrons. The lowest BCUT2D eigenvalue weighted by Crippen LogP contribution is -2.26. The first-order valence-corrected chi connectivity index (χ1v) is 8.99. The molecule has 2 atom stereocenters. The van der Waals surface area contributed by atoms with E-state index < -0.39 is 0 Å². The Balaban J connectivity index is 0.00000264. The van der Waals surface area contributed by atoms with Gasteiger partial charge in [-0.1, -0.05) is 0 Å². The molecular weight excluding hydrogens is 387 g/mol. The molecule has 2 heterocycles. The lowest BCUT2D eigenvalue weighted by molar-refractivity contribution is 0.265. The second-order valence-corrected chi connectivity index (χ2v) is 8.02. The van der Waals surface area contributed by atoms with Crippen molar-refractivity contribution < 1.29 is 10.2 Å². The van der Waals surface area contributed by atoms with Gasteiger partial charge in [-0.2, -0.15) is 0 Å². The van der Waals surface area contributed by atoms with Gasteiger partial charge in [0.1, 0.15) is 0 Å². The molecular formula is C16H26Cl2N2O2S2. The van der Waals surface area contributed by atoms with Gasteiger partial charge < -0.3 is 21.7 Å². The van der Waals surface area contributed by atoms with Gasteiger partial charge in [0.15, 0.2) is 0 Å². The zero-order valence-corrected chi connectivity index (χ0v) is 17.1. The first kappa shape index (κ1) is 23.8. The minimum atomic E-state index is -0.201. The van der Waals surface area contributed by atoms with Crippen LogP contribution in [-0.2, 0) is 12.8 Å². The Bertz CT molecular complexity index is 577. The fourth-order valence-corrected chi connectivity index (χ4v) is 5.18. The maximum atomic E-state index is 9.09. The van der Waals surface area contributed by atoms with E-state index in [1.54, 1.807) is 22.7 Å². The molecule has 4 nitrogen and oxygen atoms in total. The van der Waals surface area contributed by atoms with E-state index in [2.05, 4.69) is 26.0 Å². The average Bonchev–Trinajstić information content (AvgIpc) is 3.01. The second kappa shape index (κ2) is 10.7. The summed E-state index contributed by atoms with van der Waals surface area (Å²) in [6.45, 7) is 4.23. The van der Waals surface area contributed by atoms with Gasteiger partial charge in [-0.3, -0.25) is 0 Å². The van der Waals surface area contributed by atoms with Crippen LogP contribution in [0.3, 0.4) is 0 Å². The third kappa shape index (κ3) is 5.97. The zero-order chi connectivity index (χ0) is 16.3. The molecule has 6 N–H and O–H groups in total. The van der Waals surface area contributed by atoms with E-state index in [0.717, 1.165) is 0 Å². The standard InChI is InChI=1S/C16H24N2O2S2.2ClH/c1-9-3-13(5-11(17)7-19)21-15(9)16-10(2)4-14(22-16)6-12(18)8-20;;/h3-4,11-12,19-20H,5-8,17-18H2,1-2H3;2*1H. The summed E-state index contributed by atoms with van der Waals surface area (Å²) in [5, 5.41) is 18.2. The summed E-state index contributed by atoms with van der Waals surface area (Å²) < 4.78 is 0. The van der Waals surface area contributed by atoms with Crippen molar-refractivity contribution in [3.05, 3.63) is 33.0 Å². The summed E-state index contributed by atoms with van der Waals surface area (Å²) in [5.74, 6) is 0. The van der Waals surface area contributed by atoms with Gasteiger partial charge in [-0.15, -0.1) is 47.5 Å². The van der Waals surface area contributed by atoms with Crippen LogP contribution in [0.2, 0.25) is 0 Å². The molecule has 138 valence electrons. The van der Waals surface area contributed by atoms with E-state index in [4.69, 9.17) is 21.7 Å². The van der Waals surface area contributed by atoms with Crippen molar-refractivity contribution in [2.24, 2.45) is 11.5 Å². The first-order valence-electron chi connectivity index (χ1n) is 7.36. The van der Waals surface area contributed by atoms with Gasteiger partial charge in [0.05, 0.1) is 13.2 Å². The van der Waals surface area contributed by atoms with Crippen LogP contribution < -0.4 is 11.5 Å². The van der Waals surface area contributed by atoms with Crippen LogP contribution in [0, 0.1) is 13.8 Å². The van der Waals surface area contributed by atoms with Crippen LogP contribution in [0.15, 0.2) is 12.1 Å². The van der Waals surface area contributed by atoms with Crippen LogP contribution in [0.25, 0.3) is 9.75 Å². The SMILES string of the molecule is Cc1cc(CC(N)CO)sc1-c1sc(CC(N)CO)cc1C.Cl.Cl. The number of hydrogen-bond donors (Lipinski definition) is 4. The molecule has 0 aliphatic heterocycles. The number of aliphatic hydroxyl groups is 2. The molecule has 0 saturated heterocycles. The van der Waals surface area contributed by atoms with Crippen LogP contribution in [0.4, 0.5) is 0 Å². The molecule has 0 spiro atoms. The highest BCUT2D eigenvalue weighted by atomic mass is 35.5. The van der Waals surface area contributed by atoms with E-state index in [0.29, 0.717) is 12.8 Å². The lowest BCUT2D eigenvalue weighted by atomic mass is 10.1. The number of hydrogen-bond acceptors (Lipinski definition) is 6. The topological polar surface area (TPSA) is 92.5 Å². The predicted octanol–water partition coefficient (Wildman–Crippen LogP) is 2.66. The number of nitrogens with two attached hydrogens (primary N) is 2. The highest BCUT2D eigenvalue weighted by Gasteiger charge is 2.16. The molecule has 8 heteroatoms. The highest BCUT2D eigenvalue weighted by molar-refractivity contribution is 7.22. The maximum Gasteiger partial charge on any atom is 0.0586 e. The summed E-state index contributed by atoms with van der Waals surface area (Å²) in [7, 11) is 0. The molecule has 2 aromatic rings. The van der Waals surface area contributed by atoms with Crippen molar-refractivity contribution >= 4 is 47.5 Å². The second-order valence-electron chi connectivity index (χ2n) is 5.74. The van der Waals surface area contributed by atoms with Gasteiger partial charge in [-0.25, -0.2) is 0 Å². The Hall–Kier alpha value is -0.180. The number of thiophene rings is 2. The Morgan fingerprint density at radius 1 is 0.833 bits per heavy atom. The molecule has 0 fully saturated rings. The van der Waals surface area contributed by atoms with Crippen molar-refractivity contribution in [2.75, 3.05) is 13.2 Å². The van der Waals surface area contributed by atoms with Crippen molar-refractivity contribution in [1.29, 1.82) is 0 Å². The molecule has 0 saturated carbocycles. The fourth-order valence-electron chi connectivity index (χ4n) is 2.39. The smallest absolute Gasteiger partial charge is 0.0586 e. The van der Waals surface area contributed by atoms with Crippen molar-refractivity contribution in [3.63, 3.8) is 0 Å². The molecule has 0 aliphatic rings. The molecule has 2 aromatic heterocycles. The Labute approximate surface area is 163 Å². The maximum absolute atomic E-state index is 9.09. The first-order chi connectivity index (χ1) is 10.4. The molecule has 0 bridgehead atoms. The van der Waals surface area contributed by atoms with E-state index in [1.165, 1.54) is 30.6 Å². The Morgan fingerprint density at radius 2 is 1.17 bits per heavy atom. The summed E-state index contributed by atoms with van der Waals surface area (Å²) in [6.07, 6.45) is 1.41. The lowest BCUT2D eigenvalue weighted by Gasteiger charge is -2.04. The van der Waals surface area contributed by atoms with Crippen LogP contribution in [0.5, 0.6) is 0 Å². The molecule has 0 aliphatic carbocycles. The van der Waals surface area contributed by atoms with Gasteiger partial charge in [0, 0.05) is 31.6 Å². The van der Waals surface area contributed by atoms with Crippen LogP contribution >= 0.6 is 47.5 Å². The van der Waals surface area contributed by atoms with Gasteiger partial charge in [0.2, 0.25) is 0 Å². The van der Waals surface area contributed by atoms with Crippen molar-refractivity contribution in [3.8, 4) is 9.75 Å². The zero-order valence-electron chi connectivity index (χ0n) is 13.8. The van der Waals surface area contributed by atoms with Gasteiger partial charge in [0.25, 0.3) is 0 Å². The molecule has 2 rings (SSSR count). The summed E-state index contributed by atoms with van der Waals surface area (Å²) >= 11 is 3.49. The number of halogens is 2. The Morgan fingerprint density at radius 3 is 1.46 bits per heavy atom. The molecule has 24 heavy (non-hydrogen) atoms. The minimum absolute atomic E-state index is 0. The highest BCUT2D eigenvalue weighted by Crippen LogP contribution is 2.40. The van der Waals surface area contributed by atoms with Crippen LogP contribution in [0.1, 0.15) is 20.9 Å². The predicted molar refractivity (Wildman–Crippen MR) is 109 cm³/mol. The average molecular weight is 413 g/mol. The number of aryl methyl sites for hydroxylation is 2. The monoisotopic (exact) mass is 412 g/mol. The summed E-state index contributed by atoms with van der Waals surface area (Å²) in [4.78, 5) is 4.95. The van der Waals surface area contributed by atoms with E-state index in [9.17, 15) is 0 Å². The van der Waals surface area contributed by atoms with E-state index >= 15 is 0 Å². The summed E-state index contributed by atoms with van der Waals surface area (Å²) in [6, 6.07) is 3.92. The van der Waals surface area contributed by atoms with Gasteiger partial charge in [-0.05, 0) is 49.9 Å².